The average molecular weight is 442 g/mol. The van der Waals surface area contributed by atoms with Crippen molar-refractivity contribution in [1.29, 1.82) is 0 Å². The first-order valence-corrected chi connectivity index (χ1v) is 14.1. The largest absolute Gasteiger partial charge is 0.319 e. The molecule has 1 heterocycles. The van der Waals surface area contributed by atoms with Crippen molar-refractivity contribution in [1.82, 2.24) is 4.90 Å². The van der Waals surface area contributed by atoms with Gasteiger partial charge < -0.3 is 4.90 Å². The van der Waals surface area contributed by atoms with Gasteiger partial charge in [0.05, 0.1) is 0 Å². The molecular weight excluding hydrogens is 390 g/mol. The third-order valence-electron chi connectivity index (χ3n) is 11.0. The molecule has 0 aromatic heterocycles. The second-order valence-electron chi connectivity index (χ2n) is 13.2. The number of rotatable bonds is 7. The highest BCUT2D eigenvalue weighted by Gasteiger charge is 2.61. The molecule has 0 aromatic rings. The number of fused-ring (bicyclic) bond motifs is 5. The Kier molecular flexibility index (Phi) is 6.92. The lowest BCUT2D eigenvalue weighted by Crippen LogP contribution is -2.56. The van der Waals surface area contributed by atoms with E-state index in [0.29, 0.717) is 17.2 Å². The van der Waals surface area contributed by atoms with Gasteiger partial charge in [0, 0.05) is 24.6 Å². The highest BCUT2D eigenvalue weighted by Crippen LogP contribution is 2.68. The zero-order valence-electron chi connectivity index (χ0n) is 22.3. The molecule has 32 heavy (non-hydrogen) atoms. The molecule has 2 saturated carbocycles. The third-order valence-corrected chi connectivity index (χ3v) is 11.0. The van der Waals surface area contributed by atoms with Crippen molar-refractivity contribution in [3.8, 4) is 0 Å². The molecule has 0 radical (unpaired) electrons. The number of amides is 1. The van der Waals surface area contributed by atoms with Crippen molar-refractivity contribution in [3.05, 3.63) is 11.8 Å². The molecule has 182 valence electrons. The molecule has 3 aliphatic carbocycles. The highest BCUT2D eigenvalue weighted by atomic mass is 16.2. The van der Waals surface area contributed by atoms with Crippen molar-refractivity contribution in [2.75, 3.05) is 7.05 Å². The first-order valence-electron chi connectivity index (χ1n) is 14.1. The van der Waals surface area contributed by atoms with E-state index in [4.69, 9.17) is 0 Å². The van der Waals surface area contributed by atoms with Crippen LogP contribution in [0.25, 0.3) is 0 Å². The summed E-state index contributed by atoms with van der Waals surface area (Å²) in [4.78, 5) is 14.6. The predicted molar refractivity (Wildman–Crippen MR) is 135 cm³/mol. The lowest BCUT2D eigenvalue weighted by molar-refractivity contribution is -0.137. The van der Waals surface area contributed by atoms with Crippen LogP contribution in [0.4, 0.5) is 0 Å². The van der Waals surface area contributed by atoms with Crippen LogP contribution in [0, 0.1) is 52.3 Å². The van der Waals surface area contributed by atoms with Crippen molar-refractivity contribution >= 4 is 5.91 Å². The number of hydrogen-bond acceptors (Lipinski definition) is 1. The van der Waals surface area contributed by atoms with Crippen LogP contribution in [0.1, 0.15) is 112 Å². The van der Waals surface area contributed by atoms with Crippen molar-refractivity contribution < 1.29 is 4.79 Å². The first-order chi connectivity index (χ1) is 15.1. The quantitative estimate of drug-likeness (QED) is 0.391. The molecule has 1 amide bonds. The predicted octanol–water partition coefficient (Wildman–Crippen LogP) is 8.08. The fraction of sp³-hybridized carbons (Fsp3) is 0.900. The first kappa shape index (κ1) is 24.3. The molecule has 4 rings (SSSR count). The Labute approximate surface area is 199 Å². The second-order valence-corrected chi connectivity index (χ2v) is 13.2. The zero-order valence-corrected chi connectivity index (χ0v) is 22.3. The number of nitrogens with zero attached hydrogens (tertiary/aromatic N) is 1. The number of likely N-dealkylation sites (tertiary alicyclic amines) is 1. The lowest BCUT2D eigenvalue weighted by atomic mass is 9.46. The van der Waals surface area contributed by atoms with Gasteiger partial charge in [0.2, 0.25) is 5.91 Å². The fourth-order valence-electron chi connectivity index (χ4n) is 9.34. The topological polar surface area (TPSA) is 20.3 Å². The maximum atomic E-state index is 12.6. The van der Waals surface area contributed by atoms with Gasteiger partial charge in [-0.05, 0) is 85.4 Å². The molecule has 0 bridgehead atoms. The summed E-state index contributed by atoms with van der Waals surface area (Å²) in [6, 6.07) is 0. The number of carbonyl (C=O) groups excluding carboxylic acids is 1. The van der Waals surface area contributed by atoms with Gasteiger partial charge >= 0.3 is 0 Å². The van der Waals surface area contributed by atoms with Crippen LogP contribution in [-0.2, 0) is 4.79 Å². The summed E-state index contributed by atoms with van der Waals surface area (Å²) in [6.07, 6.45) is 16.9. The van der Waals surface area contributed by atoms with E-state index < -0.39 is 0 Å². The molecule has 3 fully saturated rings. The normalized spacial score (nSPS) is 42.4. The summed E-state index contributed by atoms with van der Waals surface area (Å²) in [7, 11) is 2.05. The highest BCUT2D eigenvalue weighted by molar-refractivity contribution is 5.79. The van der Waals surface area contributed by atoms with Crippen LogP contribution in [0.2, 0.25) is 0 Å². The summed E-state index contributed by atoms with van der Waals surface area (Å²) in [5.41, 5.74) is 2.12. The molecule has 8 unspecified atom stereocenters. The number of piperidine rings is 1. The number of allylic oxidation sites excluding steroid dienone is 2. The molecule has 8 atom stereocenters. The Morgan fingerprint density at radius 3 is 2.50 bits per heavy atom. The minimum atomic E-state index is 0.208. The maximum Gasteiger partial charge on any atom is 0.226 e. The van der Waals surface area contributed by atoms with Gasteiger partial charge in [-0.1, -0.05) is 73.3 Å². The number of carbonyl (C=O) groups is 1. The van der Waals surface area contributed by atoms with Crippen molar-refractivity contribution in [2.45, 2.75) is 112 Å². The van der Waals surface area contributed by atoms with Crippen LogP contribution in [-0.4, -0.2) is 17.9 Å². The van der Waals surface area contributed by atoms with E-state index in [-0.39, 0.29) is 5.41 Å². The molecule has 2 heteroatoms. The molecule has 1 aliphatic heterocycles. The average Bonchev–Trinajstić information content (AvgIpc) is 3.09. The summed E-state index contributed by atoms with van der Waals surface area (Å²) >= 11 is 0. The number of hydrogen-bond donors (Lipinski definition) is 0. The summed E-state index contributed by atoms with van der Waals surface area (Å²) in [5, 5.41) is 0. The summed E-state index contributed by atoms with van der Waals surface area (Å²) < 4.78 is 0. The van der Waals surface area contributed by atoms with Crippen LogP contribution in [0.5, 0.6) is 0 Å². The van der Waals surface area contributed by atoms with E-state index in [1.807, 2.05) is 11.9 Å². The van der Waals surface area contributed by atoms with Crippen LogP contribution in [0.3, 0.4) is 0 Å². The SMILES string of the molecule is CCCC1C=C2N(C)C(=O)CCC2(C)C2CCC3(C)C(C(C)CCCC(C)C)CCC3C12. The fourth-order valence-corrected chi connectivity index (χ4v) is 9.34. The molecular formula is C30H51NO. The van der Waals surface area contributed by atoms with Gasteiger partial charge in [0.1, 0.15) is 0 Å². The zero-order chi connectivity index (χ0) is 23.3. The van der Waals surface area contributed by atoms with E-state index >= 15 is 0 Å². The van der Waals surface area contributed by atoms with Gasteiger partial charge in [-0.2, -0.15) is 0 Å². The minimum Gasteiger partial charge on any atom is -0.319 e. The van der Waals surface area contributed by atoms with Crippen LogP contribution >= 0.6 is 0 Å². The van der Waals surface area contributed by atoms with E-state index in [1.165, 1.54) is 63.5 Å². The van der Waals surface area contributed by atoms with Gasteiger partial charge in [-0.3, -0.25) is 4.79 Å². The molecule has 0 spiro atoms. The Morgan fingerprint density at radius 1 is 1.06 bits per heavy atom. The Morgan fingerprint density at radius 2 is 1.81 bits per heavy atom. The van der Waals surface area contributed by atoms with Crippen LogP contribution in [0.15, 0.2) is 11.8 Å². The van der Waals surface area contributed by atoms with Crippen molar-refractivity contribution in [3.63, 3.8) is 0 Å². The molecule has 0 aromatic carbocycles. The van der Waals surface area contributed by atoms with Gasteiger partial charge in [0.25, 0.3) is 0 Å². The Hall–Kier alpha value is -0.790. The van der Waals surface area contributed by atoms with Gasteiger partial charge in [0.15, 0.2) is 0 Å². The van der Waals surface area contributed by atoms with Crippen LogP contribution < -0.4 is 0 Å². The third kappa shape index (κ3) is 3.90. The second kappa shape index (κ2) is 9.10. The smallest absolute Gasteiger partial charge is 0.226 e. The summed E-state index contributed by atoms with van der Waals surface area (Å²) in [5.74, 6) is 6.10. The standard InChI is InChI=1S/C30H51NO/c1-8-10-22-19-26-30(6,18-16-27(32)31(26)7)25-15-17-29(5)23(13-14-24(29)28(22)25)21(4)12-9-11-20(2)3/h19-25,28H,8-18H2,1-7H3. The van der Waals surface area contributed by atoms with Gasteiger partial charge in [-0.25, -0.2) is 0 Å². The monoisotopic (exact) mass is 441 g/mol. The van der Waals surface area contributed by atoms with E-state index in [0.717, 1.165) is 48.3 Å². The molecule has 1 saturated heterocycles. The lowest BCUT2D eigenvalue weighted by Gasteiger charge is -2.61. The minimum absolute atomic E-state index is 0.208. The molecule has 0 N–H and O–H groups in total. The Balaban J connectivity index is 1.61. The maximum absolute atomic E-state index is 12.6. The summed E-state index contributed by atoms with van der Waals surface area (Å²) in [6.45, 7) is 14.9. The molecule has 2 nitrogen and oxygen atoms in total. The van der Waals surface area contributed by atoms with Crippen molar-refractivity contribution in [2.24, 2.45) is 52.3 Å². The van der Waals surface area contributed by atoms with E-state index in [2.05, 4.69) is 47.6 Å². The molecule has 4 aliphatic rings. The van der Waals surface area contributed by atoms with E-state index in [9.17, 15) is 4.79 Å². The van der Waals surface area contributed by atoms with Gasteiger partial charge in [-0.15, -0.1) is 0 Å². The Bertz CT molecular complexity index is 724. The van der Waals surface area contributed by atoms with E-state index in [1.54, 1.807) is 0 Å².